The average molecular weight is 151 g/mol. The van der Waals surface area contributed by atoms with E-state index < -0.39 is 0 Å². The lowest BCUT2D eigenvalue weighted by Gasteiger charge is -2.13. The molecule has 0 amide bonds. The van der Waals surface area contributed by atoms with Crippen molar-refractivity contribution in [2.75, 3.05) is 6.54 Å². The van der Waals surface area contributed by atoms with E-state index in [1.807, 2.05) is 12.2 Å². The maximum atomic E-state index is 10.8. The van der Waals surface area contributed by atoms with E-state index in [4.69, 9.17) is 0 Å². The molecule has 60 valence electrons. The molecule has 0 radical (unpaired) electrons. The summed E-state index contributed by atoms with van der Waals surface area (Å²) in [7, 11) is 0. The molecule has 0 saturated carbocycles. The summed E-state index contributed by atoms with van der Waals surface area (Å²) in [6.07, 6.45) is 4.92. The molecule has 0 aromatic rings. The van der Waals surface area contributed by atoms with Crippen LogP contribution in [0.15, 0.2) is 23.4 Å². The average Bonchev–Trinajstić information content (AvgIpc) is 2.05. The number of dihydropyridines is 1. The van der Waals surface area contributed by atoms with E-state index in [1.165, 1.54) is 5.57 Å². The van der Waals surface area contributed by atoms with E-state index in [-0.39, 0.29) is 5.78 Å². The lowest BCUT2D eigenvalue weighted by Crippen LogP contribution is -2.23. The molecule has 0 unspecified atom stereocenters. The minimum absolute atomic E-state index is 0.108. The van der Waals surface area contributed by atoms with Crippen molar-refractivity contribution in [3.63, 3.8) is 0 Å². The number of allylic oxidation sites excluding steroid dienone is 3. The Morgan fingerprint density at radius 3 is 2.73 bits per heavy atom. The monoisotopic (exact) mass is 151 g/mol. The van der Waals surface area contributed by atoms with Crippen molar-refractivity contribution in [3.8, 4) is 0 Å². The molecule has 0 aromatic heterocycles. The first kappa shape index (κ1) is 8.05. The molecule has 1 aliphatic heterocycles. The van der Waals surface area contributed by atoms with Crippen LogP contribution < -0.4 is 5.32 Å². The molecule has 2 nitrogen and oxygen atoms in total. The summed E-state index contributed by atoms with van der Waals surface area (Å²) in [6.45, 7) is 4.51. The van der Waals surface area contributed by atoms with Crippen molar-refractivity contribution in [1.82, 2.24) is 5.32 Å². The lowest BCUT2D eigenvalue weighted by atomic mass is 10.1. The standard InChI is InChI=1S/C9H13NO/c1-3-8-4-5-9(7(2)11)10-6-8/h4-5,10H,3,6H2,1-2H3. The second-order valence-corrected chi connectivity index (χ2v) is 2.67. The van der Waals surface area contributed by atoms with Crippen LogP contribution in [0.25, 0.3) is 0 Å². The molecule has 1 N–H and O–H groups in total. The first-order chi connectivity index (χ1) is 5.24. The molecule has 0 spiro atoms. The highest BCUT2D eigenvalue weighted by molar-refractivity contribution is 5.93. The van der Waals surface area contributed by atoms with Gasteiger partial charge in [-0.1, -0.05) is 18.6 Å². The summed E-state index contributed by atoms with van der Waals surface area (Å²) in [5.41, 5.74) is 2.07. The Hall–Kier alpha value is -1.05. The summed E-state index contributed by atoms with van der Waals surface area (Å²) in [6, 6.07) is 0. The zero-order valence-corrected chi connectivity index (χ0v) is 6.98. The van der Waals surface area contributed by atoms with Crippen LogP contribution in [-0.2, 0) is 4.79 Å². The fourth-order valence-corrected chi connectivity index (χ4v) is 1.01. The van der Waals surface area contributed by atoms with Crippen LogP contribution >= 0.6 is 0 Å². The third-order valence-electron chi connectivity index (χ3n) is 1.83. The number of carbonyl (C=O) groups is 1. The van der Waals surface area contributed by atoms with Crippen LogP contribution in [0.3, 0.4) is 0 Å². The van der Waals surface area contributed by atoms with Gasteiger partial charge >= 0.3 is 0 Å². The Balaban J connectivity index is 2.69. The van der Waals surface area contributed by atoms with Crippen molar-refractivity contribution >= 4 is 5.78 Å². The topological polar surface area (TPSA) is 29.1 Å². The largest absolute Gasteiger partial charge is 0.378 e. The van der Waals surface area contributed by atoms with Crippen LogP contribution in [-0.4, -0.2) is 12.3 Å². The Morgan fingerprint density at radius 2 is 2.36 bits per heavy atom. The van der Waals surface area contributed by atoms with E-state index >= 15 is 0 Å². The highest BCUT2D eigenvalue weighted by Gasteiger charge is 2.06. The zero-order valence-electron chi connectivity index (χ0n) is 6.98. The summed E-state index contributed by atoms with van der Waals surface area (Å²) < 4.78 is 0. The first-order valence-electron chi connectivity index (χ1n) is 3.88. The van der Waals surface area contributed by atoms with Gasteiger partial charge in [0.15, 0.2) is 5.78 Å². The van der Waals surface area contributed by atoms with Crippen molar-refractivity contribution in [1.29, 1.82) is 0 Å². The van der Waals surface area contributed by atoms with Crippen molar-refractivity contribution in [2.45, 2.75) is 20.3 Å². The van der Waals surface area contributed by atoms with Gasteiger partial charge in [0.1, 0.15) is 0 Å². The first-order valence-corrected chi connectivity index (χ1v) is 3.88. The summed E-state index contributed by atoms with van der Waals surface area (Å²) in [5, 5.41) is 3.06. The minimum Gasteiger partial charge on any atom is -0.378 e. The molecule has 0 bridgehead atoms. The van der Waals surface area contributed by atoms with Gasteiger partial charge in [0, 0.05) is 13.5 Å². The molecule has 0 fully saturated rings. The maximum absolute atomic E-state index is 10.8. The van der Waals surface area contributed by atoms with Crippen LogP contribution in [0.4, 0.5) is 0 Å². The Kier molecular flexibility index (Phi) is 2.47. The molecule has 1 rings (SSSR count). The highest BCUT2D eigenvalue weighted by atomic mass is 16.1. The van der Waals surface area contributed by atoms with Crippen LogP contribution in [0, 0.1) is 0 Å². The molecule has 1 heterocycles. The second-order valence-electron chi connectivity index (χ2n) is 2.67. The molecule has 1 aliphatic rings. The molecule has 11 heavy (non-hydrogen) atoms. The van der Waals surface area contributed by atoms with E-state index in [0.717, 1.165) is 18.7 Å². The maximum Gasteiger partial charge on any atom is 0.175 e. The van der Waals surface area contributed by atoms with Gasteiger partial charge < -0.3 is 5.32 Å². The van der Waals surface area contributed by atoms with Crippen molar-refractivity contribution in [2.24, 2.45) is 0 Å². The molecule has 0 saturated heterocycles. The molecule has 0 atom stereocenters. The zero-order chi connectivity index (χ0) is 8.27. The number of rotatable bonds is 2. The molecule has 0 aliphatic carbocycles. The number of carbonyl (C=O) groups excluding carboxylic acids is 1. The molecule has 2 heteroatoms. The minimum atomic E-state index is 0.108. The Labute approximate surface area is 67.0 Å². The van der Waals surface area contributed by atoms with E-state index in [2.05, 4.69) is 12.2 Å². The highest BCUT2D eigenvalue weighted by Crippen LogP contribution is 2.07. The van der Waals surface area contributed by atoms with E-state index in [1.54, 1.807) is 6.92 Å². The quantitative estimate of drug-likeness (QED) is 0.646. The van der Waals surface area contributed by atoms with Gasteiger partial charge in [0.2, 0.25) is 0 Å². The van der Waals surface area contributed by atoms with Crippen LogP contribution in [0.2, 0.25) is 0 Å². The van der Waals surface area contributed by atoms with E-state index in [9.17, 15) is 4.79 Å². The van der Waals surface area contributed by atoms with Gasteiger partial charge in [-0.05, 0) is 12.5 Å². The van der Waals surface area contributed by atoms with Crippen molar-refractivity contribution in [3.05, 3.63) is 23.4 Å². The van der Waals surface area contributed by atoms with Gasteiger partial charge in [-0.25, -0.2) is 0 Å². The van der Waals surface area contributed by atoms with Crippen LogP contribution in [0.5, 0.6) is 0 Å². The van der Waals surface area contributed by atoms with Crippen LogP contribution in [0.1, 0.15) is 20.3 Å². The Bertz CT molecular complexity index is 226. The van der Waals surface area contributed by atoms with Gasteiger partial charge in [-0.3, -0.25) is 4.79 Å². The fourth-order valence-electron chi connectivity index (χ4n) is 1.01. The summed E-state index contributed by atoms with van der Waals surface area (Å²) >= 11 is 0. The van der Waals surface area contributed by atoms with E-state index in [0.29, 0.717) is 0 Å². The third kappa shape index (κ3) is 1.93. The number of ketones is 1. The third-order valence-corrected chi connectivity index (χ3v) is 1.83. The van der Waals surface area contributed by atoms with Gasteiger partial charge in [0.25, 0.3) is 0 Å². The summed E-state index contributed by atoms with van der Waals surface area (Å²) in [5.74, 6) is 0.108. The van der Waals surface area contributed by atoms with Gasteiger partial charge in [-0.15, -0.1) is 0 Å². The predicted octanol–water partition coefficient (Wildman–Crippen LogP) is 1.40. The molecular weight excluding hydrogens is 138 g/mol. The van der Waals surface area contributed by atoms with Gasteiger partial charge in [-0.2, -0.15) is 0 Å². The molecular formula is C9H13NO. The van der Waals surface area contributed by atoms with Gasteiger partial charge in [0.05, 0.1) is 5.70 Å². The number of nitrogens with one attached hydrogen (secondary N) is 1. The summed E-state index contributed by atoms with van der Waals surface area (Å²) in [4.78, 5) is 10.8. The lowest BCUT2D eigenvalue weighted by molar-refractivity contribution is -0.113. The number of hydrogen-bond acceptors (Lipinski definition) is 2. The SMILES string of the molecule is CCC1=CC=C(C(C)=O)NC1. The normalized spacial score (nSPS) is 16.5. The predicted molar refractivity (Wildman–Crippen MR) is 45.1 cm³/mol. The second kappa shape index (κ2) is 3.37. The molecule has 0 aromatic carbocycles. The number of Topliss-reactive ketones (excluding diaryl/α,β-unsaturated/α-hetero) is 1. The smallest absolute Gasteiger partial charge is 0.175 e. The number of hydrogen-bond donors (Lipinski definition) is 1. The van der Waals surface area contributed by atoms with Crippen molar-refractivity contribution < 1.29 is 4.79 Å². The fraction of sp³-hybridized carbons (Fsp3) is 0.444. The Morgan fingerprint density at radius 1 is 1.64 bits per heavy atom.